The van der Waals surface area contributed by atoms with E-state index in [0.717, 1.165) is 10.4 Å². The number of hydrogen-bond donors (Lipinski definition) is 0. The Morgan fingerprint density at radius 1 is 1.19 bits per heavy atom. The molecule has 2 aromatic rings. The topological polar surface area (TPSA) is 43.9 Å². The van der Waals surface area contributed by atoms with Gasteiger partial charge in [-0.25, -0.2) is 4.39 Å². The molecule has 1 aromatic carbocycles. The molecule has 1 aliphatic heterocycles. The Morgan fingerprint density at radius 2 is 1.89 bits per heavy atom. The number of rotatable bonds is 5. The van der Waals surface area contributed by atoms with Gasteiger partial charge >= 0.3 is 0 Å². The highest BCUT2D eigenvalue weighted by Crippen LogP contribution is 2.19. The molecular weight excluding hydrogens is 389 g/mol. The van der Waals surface area contributed by atoms with Crippen molar-refractivity contribution in [1.29, 1.82) is 0 Å². The molecule has 1 aromatic heterocycles. The van der Waals surface area contributed by atoms with Gasteiger partial charge in [0.05, 0.1) is 11.4 Å². The summed E-state index contributed by atoms with van der Waals surface area (Å²) >= 11 is 7.48. The number of carbonyl (C=O) groups excluding carboxylic acids is 2. The number of benzene rings is 1. The van der Waals surface area contributed by atoms with Crippen molar-refractivity contribution in [2.75, 3.05) is 39.8 Å². The van der Waals surface area contributed by atoms with Gasteiger partial charge in [-0.1, -0.05) is 23.7 Å². The van der Waals surface area contributed by atoms with Gasteiger partial charge in [-0.15, -0.1) is 11.3 Å². The summed E-state index contributed by atoms with van der Waals surface area (Å²) in [5, 5.41) is 2.24. The van der Waals surface area contributed by atoms with Crippen LogP contribution in [0.1, 0.15) is 15.2 Å². The average Bonchev–Trinajstić information content (AvgIpc) is 3.18. The second kappa shape index (κ2) is 8.82. The standard InChI is InChI=1S/C19H21ClFN3O2S/c1-22(12-14-4-5-15(21)11-16(14)20)13-18(25)23-6-8-24(9-7-23)19(26)17-3-2-10-27-17/h2-5,10-11H,6-9,12-13H2,1H3. The molecule has 0 atom stereocenters. The quantitative estimate of drug-likeness (QED) is 0.762. The van der Waals surface area contributed by atoms with E-state index in [4.69, 9.17) is 11.6 Å². The number of thiophene rings is 1. The Morgan fingerprint density at radius 3 is 2.52 bits per heavy atom. The van der Waals surface area contributed by atoms with Crippen molar-refractivity contribution in [2.24, 2.45) is 0 Å². The van der Waals surface area contributed by atoms with Crippen molar-refractivity contribution in [3.8, 4) is 0 Å². The van der Waals surface area contributed by atoms with Gasteiger partial charge in [0.2, 0.25) is 5.91 Å². The fraction of sp³-hybridized carbons (Fsp3) is 0.368. The first-order valence-electron chi connectivity index (χ1n) is 8.67. The zero-order chi connectivity index (χ0) is 19.4. The summed E-state index contributed by atoms with van der Waals surface area (Å²) in [4.78, 5) is 31.0. The van der Waals surface area contributed by atoms with Gasteiger partial charge in [-0.2, -0.15) is 0 Å². The average molecular weight is 410 g/mol. The molecule has 0 bridgehead atoms. The summed E-state index contributed by atoms with van der Waals surface area (Å²) in [7, 11) is 1.83. The van der Waals surface area contributed by atoms with E-state index in [0.29, 0.717) is 37.7 Å². The van der Waals surface area contributed by atoms with Gasteiger partial charge in [-0.3, -0.25) is 14.5 Å². The molecule has 0 N–H and O–H groups in total. The zero-order valence-electron chi connectivity index (χ0n) is 15.0. The normalized spacial score (nSPS) is 14.7. The maximum absolute atomic E-state index is 13.1. The SMILES string of the molecule is CN(CC(=O)N1CCN(C(=O)c2cccs2)CC1)Cc1ccc(F)cc1Cl. The minimum atomic E-state index is -0.377. The molecule has 8 heteroatoms. The molecule has 1 saturated heterocycles. The highest BCUT2D eigenvalue weighted by molar-refractivity contribution is 7.12. The number of piperazine rings is 1. The van der Waals surface area contributed by atoms with E-state index in [1.165, 1.54) is 23.5 Å². The number of likely N-dealkylation sites (N-methyl/N-ethyl adjacent to an activating group) is 1. The minimum absolute atomic E-state index is 0.0129. The Kier molecular flexibility index (Phi) is 6.46. The van der Waals surface area contributed by atoms with Crippen LogP contribution >= 0.6 is 22.9 Å². The lowest BCUT2D eigenvalue weighted by molar-refractivity contribution is -0.133. The fourth-order valence-electron chi connectivity index (χ4n) is 3.04. The maximum atomic E-state index is 13.1. The third-order valence-electron chi connectivity index (χ3n) is 4.51. The summed E-state index contributed by atoms with van der Waals surface area (Å²) < 4.78 is 13.1. The van der Waals surface area contributed by atoms with E-state index in [1.54, 1.807) is 15.9 Å². The van der Waals surface area contributed by atoms with E-state index in [2.05, 4.69) is 0 Å². The van der Waals surface area contributed by atoms with E-state index in [9.17, 15) is 14.0 Å². The highest BCUT2D eigenvalue weighted by Gasteiger charge is 2.25. The number of carbonyl (C=O) groups is 2. The third kappa shape index (κ3) is 5.06. The van der Waals surface area contributed by atoms with Crippen LogP contribution in [0.15, 0.2) is 35.7 Å². The Labute approximate surface area is 166 Å². The molecule has 0 aliphatic carbocycles. The minimum Gasteiger partial charge on any atom is -0.338 e. The van der Waals surface area contributed by atoms with Crippen LogP contribution in [0.25, 0.3) is 0 Å². The number of hydrogen-bond acceptors (Lipinski definition) is 4. The van der Waals surface area contributed by atoms with Crippen LogP contribution in [0.3, 0.4) is 0 Å². The van der Waals surface area contributed by atoms with E-state index in [-0.39, 0.29) is 24.2 Å². The lowest BCUT2D eigenvalue weighted by Gasteiger charge is -2.35. The first-order chi connectivity index (χ1) is 12.9. The smallest absolute Gasteiger partial charge is 0.264 e. The molecular formula is C19H21ClFN3O2S. The Balaban J connectivity index is 1.48. The second-order valence-corrected chi connectivity index (χ2v) is 7.91. The predicted octanol–water partition coefficient (Wildman–Crippen LogP) is 2.96. The Bertz CT molecular complexity index is 807. The summed E-state index contributed by atoms with van der Waals surface area (Å²) in [6.07, 6.45) is 0. The van der Waals surface area contributed by atoms with Crippen LogP contribution in [0.5, 0.6) is 0 Å². The summed E-state index contributed by atoms with van der Waals surface area (Å²) in [5.41, 5.74) is 0.778. The lowest BCUT2D eigenvalue weighted by Crippen LogP contribution is -2.52. The van der Waals surface area contributed by atoms with Crippen molar-refractivity contribution in [2.45, 2.75) is 6.54 Å². The first-order valence-corrected chi connectivity index (χ1v) is 9.93. The van der Waals surface area contributed by atoms with E-state index in [1.807, 2.05) is 29.5 Å². The molecule has 0 saturated carbocycles. The molecule has 5 nitrogen and oxygen atoms in total. The molecule has 144 valence electrons. The number of nitrogens with zero attached hydrogens (tertiary/aromatic N) is 3. The maximum Gasteiger partial charge on any atom is 0.264 e. The molecule has 1 aliphatic rings. The van der Waals surface area contributed by atoms with Crippen LogP contribution in [0, 0.1) is 5.82 Å². The van der Waals surface area contributed by atoms with Crippen molar-refractivity contribution in [1.82, 2.24) is 14.7 Å². The number of amides is 2. The van der Waals surface area contributed by atoms with Crippen LogP contribution in [-0.4, -0.2) is 66.3 Å². The molecule has 0 spiro atoms. The first kappa shape index (κ1) is 19.8. The predicted molar refractivity (Wildman–Crippen MR) is 105 cm³/mol. The Hall–Kier alpha value is -1.96. The van der Waals surface area contributed by atoms with Gasteiger partial charge in [0.25, 0.3) is 5.91 Å². The molecule has 2 heterocycles. The highest BCUT2D eigenvalue weighted by atomic mass is 35.5. The molecule has 3 rings (SSSR count). The largest absolute Gasteiger partial charge is 0.338 e. The van der Waals surface area contributed by atoms with Gasteiger partial charge in [0, 0.05) is 37.7 Å². The monoisotopic (exact) mass is 409 g/mol. The fourth-order valence-corrected chi connectivity index (χ4v) is 3.96. The zero-order valence-corrected chi connectivity index (χ0v) is 16.6. The van der Waals surface area contributed by atoms with Crippen LogP contribution < -0.4 is 0 Å². The van der Waals surface area contributed by atoms with E-state index < -0.39 is 0 Å². The summed E-state index contributed by atoms with van der Waals surface area (Å²) in [6.45, 7) is 2.84. The molecule has 1 fully saturated rings. The van der Waals surface area contributed by atoms with Crippen LogP contribution in [0.4, 0.5) is 4.39 Å². The van der Waals surface area contributed by atoms with Crippen molar-refractivity contribution >= 4 is 34.8 Å². The van der Waals surface area contributed by atoms with Gasteiger partial charge in [0.15, 0.2) is 0 Å². The number of halogens is 2. The molecule has 27 heavy (non-hydrogen) atoms. The van der Waals surface area contributed by atoms with Gasteiger partial charge < -0.3 is 9.80 Å². The summed E-state index contributed by atoms with van der Waals surface area (Å²) in [5.74, 6) is -0.337. The van der Waals surface area contributed by atoms with Gasteiger partial charge in [0.1, 0.15) is 5.82 Å². The molecule has 0 unspecified atom stereocenters. The molecule has 0 radical (unpaired) electrons. The molecule has 2 amide bonds. The second-order valence-electron chi connectivity index (χ2n) is 6.56. The van der Waals surface area contributed by atoms with Gasteiger partial charge in [-0.05, 0) is 36.2 Å². The van der Waals surface area contributed by atoms with Crippen LogP contribution in [0.2, 0.25) is 5.02 Å². The van der Waals surface area contributed by atoms with Crippen molar-refractivity contribution in [3.63, 3.8) is 0 Å². The van der Waals surface area contributed by atoms with Crippen molar-refractivity contribution in [3.05, 3.63) is 57.0 Å². The summed E-state index contributed by atoms with van der Waals surface area (Å²) in [6, 6.07) is 7.95. The lowest BCUT2D eigenvalue weighted by atomic mass is 10.2. The van der Waals surface area contributed by atoms with E-state index >= 15 is 0 Å². The van der Waals surface area contributed by atoms with Crippen LogP contribution in [-0.2, 0) is 11.3 Å². The third-order valence-corrected chi connectivity index (χ3v) is 5.72. The van der Waals surface area contributed by atoms with Crippen molar-refractivity contribution < 1.29 is 14.0 Å².